The van der Waals surface area contributed by atoms with Crippen LogP contribution in [-0.4, -0.2) is 11.7 Å². The second-order valence-electron chi connectivity index (χ2n) is 4.55. The van der Waals surface area contributed by atoms with Gasteiger partial charge in [-0.1, -0.05) is 53.8 Å². The van der Waals surface area contributed by atoms with Crippen molar-refractivity contribution in [3.8, 4) is 17.6 Å². The molecule has 0 aliphatic rings. The van der Waals surface area contributed by atoms with Crippen molar-refractivity contribution < 1.29 is 9.84 Å². The van der Waals surface area contributed by atoms with Crippen molar-refractivity contribution in [1.82, 2.24) is 0 Å². The highest BCUT2D eigenvalue weighted by Gasteiger charge is 2.01. The molecule has 2 rings (SSSR count). The van der Waals surface area contributed by atoms with E-state index >= 15 is 0 Å². The lowest BCUT2D eigenvalue weighted by atomic mass is 10.1. The van der Waals surface area contributed by atoms with Crippen LogP contribution in [0.25, 0.3) is 0 Å². The van der Waals surface area contributed by atoms with Crippen LogP contribution >= 0.6 is 0 Å². The monoisotopic (exact) mass is 266 g/mol. The summed E-state index contributed by atoms with van der Waals surface area (Å²) in [5.41, 5.74) is 3.22. The van der Waals surface area contributed by atoms with Crippen molar-refractivity contribution in [2.45, 2.75) is 20.0 Å². The number of ether oxygens (including phenoxy) is 1. The third kappa shape index (κ3) is 4.15. The Hall–Kier alpha value is -2.24. The molecule has 0 bridgehead atoms. The zero-order chi connectivity index (χ0) is 14.2. The largest absolute Gasteiger partial charge is 0.488 e. The zero-order valence-corrected chi connectivity index (χ0v) is 11.6. The van der Waals surface area contributed by atoms with Crippen molar-refractivity contribution in [2.75, 3.05) is 6.61 Å². The third-order valence-electron chi connectivity index (χ3n) is 2.82. The van der Waals surface area contributed by atoms with E-state index in [1.165, 1.54) is 5.56 Å². The summed E-state index contributed by atoms with van der Waals surface area (Å²) < 4.78 is 5.84. The summed E-state index contributed by atoms with van der Waals surface area (Å²) in [6, 6.07) is 16.0. The molecule has 0 aromatic heterocycles. The molecule has 20 heavy (non-hydrogen) atoms. The molecule has 0 radical (unpaired) electrons. The molecule has 0 aliphatic heterocycles. The van der Waals surface area contributed by atoms with Crippen LogP contribution < -0.4 is 4.74 Å². The Morgan fingerprint density at radius 3 is 2.75 bits per heavy atom. The molecular weight excluding hydrogens is 248 g/mol. The van der Waals surface area contributed by atoms with Gasteiger partial charge in [0.1, 0.15) is 12.4 Å². The standard InChI is InChI=1S/C18H18O2/c1-15-7-6-8-16(13-15)14-20-18-11-3-2-9-17(18)10-4-5-12-19/h2-3,6-9,11,13,19H,5,12,14H2,1H3. The minimum absolute atomic E-state index is 0.0827. The maximum Gasteiger partial charge on any atom is 0.135 e. The van der Waals surface area contributed by atoms with Crippen LogP contribution in [-0.2, 0) is 6.61 Å². The zero-order valence-electron chi connectivity index (χ0n) is 11.6. The predicted molar refractivity (Wildman–Crippen MR) is 80.5 cm³/mol. The Kier molecular flexibility index (Phi) is 5.23. The van der Waals surface area contributed by atoms with E-state index in [0.717, 1.165) is 16.9 Å². The van der Waals surface area contributed by atoms with Crippen LogP contribution in [0.2, 0.25) is 0 Å². The quantitative estimate of drug-likeness (QED) is 0.860. The lowest BCUT2D eigenvalue weighted by molar-refractivity contribution is 0.304. The Morgan fingerprint density at radius 1 is 1.10 bits per heavy atom. The summed E-state index contributed by atoms with van der Waals surface area (Å²) in [4.78, 5) is 0. The number of hydrogen-bond donors (Lipinski definition) is 1. The van der Waals surface area contributed by atoms with Crippen molar-refractivity contribution in [2.24, 2.45) is 0 Å². The fraction of sp³-hybridized carbons (Fsp3) is 0.222. The number of para-hydroxylation sites is 1. The molecule has 2 aromatic rings. The number of benzene rings is 2. The lowest BCUT2D eigenvalue weighted by Crippen LogP contribution is -1.97. The van der Waals surface area contributed by atoms with E-state index in [9.17, 15) is 0 Å². The molecule has 2 heteroatoms. The average Bonchev–Trinajstić information content (AvgIpc) is 2.47. The Bertz CT molecular complexity index is 621. The van der Waals surface area contributed by atoms with Crippen molar-refractivity contribution in [3.05, 3.63) is 65.2 Å². The van der Waals surface area contributed by atoms with E-state index in [4.69, 9.17) is 9.84 Å². The smallest absolute Gasteiger partial charge is 0.135 e. The van der Waals surface area contributed by atoms with Crippen LogP contribution in [0.1, 0.15) is 23.1 Å². The molecule has 0 spiro atoms. The first-order chi connectivity index (χ1) is 9.79. The van der Waals surface area contributed by atoms with E-state index in [0.29, 0.717) is 13.0 Å². The summed E-state index contributed by atoms with van der Waals surface area (Å²) >= 11 is 0. The van der Waals surface area contributed by atoms with Gasteiger partial charge in [-0.2, -0.15) is 0 Å². The average molecular weight is 266 g/mol. The molecule has 0 unspecified atom stereocenters. The molecule has 1 N–H and O–H groups in total. The van der Waals surface area contributed by atoms with Crippen molar-refractivity contribution in [1.29, 1.82) is 0 Å². The van der Waals surface area contributed by atoms with Gasteiger partial charge in [-0.3, -0.25) is 0 Å². The highest BCUT2D eigenvalue weighted by Crippen LogP contribution is 2.18. The predicted octanol–water partition coefficient (Wildman–Crippen LogP) is 3.31. The highest BCUT2D eigenvalue weighted by molar-refractivity contribution is 5.46. The van der Waals surface area contributed by atoms with Gasteiger partial charge in [-0.15, -0.1) is 0 Å². The van der Waals surface area contributed by atoms with Crippen LogP contribution in [0.15, 0.2) is 48.5 Å². The van der Waals surface area contributed by atoms with E-state index in [1.54, 1.807) is 0 Å². The van der Waals surface area contributed by atoms with Gasteiger partial charge in [0.15, 0.2) is 0 Å². The Labute approximate surface area is 120 Å². The Morgan fingerprint density at radius 2 is 1.95 bits per heavy atom. The third-order valence-corrected chi connectivity index (χ3v) is 2.82. The van der Waals surface area contributed by atoms with Gasteiger partial charge in [0.2, 0.25) is 0 Å². The molecule has 2 nitrogen and oxygen atoms in total. The number of rotatable bonds is 4. The summed E-state index contributed by atoms with van der Waals surface area (Å²) in [6.45, 7) is 2.68. The molecule has 2 aromatic carbocycles. The molecule has 0 heterocycles. The first-order valence-electron chi connectivity index (χ1n) is 6.66. The van der Waals surface area contributed by atoms with Gasteiger partial charge < -0.3 is 9.84 Å². The van der Waals surface area contributed by atoms with Gasteiger partial charge in [-0.05, 0) is 24.6 Å². The summed E-state index contributed by atoms with van der Waals surface area (Å²) in [5, 5.41) is 8.76. The molecule has 0 fully saturated rings. The second-order valence-corrected chi connectivity index (χ2v) is 4.55. The minimum Gasteiger partial charge on any atom is -0.488 e. The van der Waals surface area contributed by atoms with Gasteiger partial charge in [0.05, 0.1) is 12.2 Å². The van der Waals surface area contributed by atoms with Crippen LogP contribution in [0.5, 0.6) is 5.75 Å². The maximum atomic E-state index is 8.76. The van der Waals surface area contributed by atoms with Crippen LogP contribution in [0, 0.1) is 18.8 Å². The first kappa shape index (κ1) is 14.2. The number of aliphatic hydroxyl groups is 1. The maximum absolute atomic E-state index is 8.76. The molecule has 0 amide bonds. The normalized spacial score (nSPS) is 9.70. The van der Waals surface area contributed by atoms with Crippen molar-refractivity contribution >= 4 is 0 Å². The van der Waals surface area contributed by atoms with E-state index in [1.807, 2.05) is 36.4 Å². The van der Waals surface area contributed by atoms with E-state index in [2.05, 4.69) is 30.9 Å². The number of hydrogen-bond acceptors (Lipinski definition) is 2. The number of aryl methyl sites for hydroxylation is 1. The summed E-state index contributed by atoms with van der Waals surface area (Å²) in [5.74, 6) is 6.72. The van der Waals surface area contributed by atoms with Gasteiger partial charge in [-0.25, -0.2) is 0 Å². The topological polar surface area (TPSA) is 29.5 Å². The van der Waals surface area contributed by atoms with Crippen LogP contribution in [0.3, 0.4) is 0 Å². The highest BCUT2D eigenvalue weighted by atomic mass is 16.5. The SMILES string of the molecule is Cc1cccc(COc2ccccc2C#CCCO)c1. The fourth-order valence-corrected chi connectivity index (χ4v) is 1.87. The molecule has 0 aliphatic carbocycles. The molecule has 0 saturated carbocycles. The first-order valence-corrected chi connectivity index (χ1v) is 6.66. The summed E-state index contributed by atoms with van der Waals surface area (Å²) in [6.07, 6.45) is 0.478. The van der Waals surface area contributed by atoms with Gasteiger partial charge in [0.25, 0.3) is 0 Å². The summed E-state index contributed by atoms with van der Waals surface area (Å²) in [7, 11) is 0. The second kappa shape index (κ2) is 7.37. The van der Waals surface area contributed by atoms with Crippen LogP contribution in [0.4, 0.5) is 0 Å². The van der Waals surface area contributed by atoms with E-state index in [-0.39, 0.29) is 6.61 Å². The fourth-order valence-electron chi connectivity index (χ4n) is 1.87. The molecule has 102 valence electrons. The minimum atomic E-state index is 0.0827. The lowest BCUT2D eigenvalue weighted by Gasteiger charge is -2.08. The van der Waals surface area contributed by atoms with Gasteiger partial charge in [0, 0.05) is 6.42 Å². The van der Waals surface area contributed by atoms with E-state index < -0.39 is 0 Å². The van der Waals surface area contributed by atoms with Crippen molar-refractivity contribution in [3.63, 3.8) is 0 Å². The molecule has 0 atom stereocenters. The van der Waals surface area contributed by atoms with Gasteiger partial charge >= 0.3 is 0 Å². The number of aliphatic hydroxyl groups excluding tert-OH is 1. The molecule has 0 saturated heterocycles. The molecular formula is C18H18O2. The Balaban J connectivity index is 2.08.